The van der Waals surface area contributed by atoms with Crippen molar-refractivity contribution in [3.63, 3.8) is 0 Å². The Kier molecular flexibility index (Phi) is 6.49. The van der Waals surface area contributed by atoms with Crippen molar-refractivity contribution in [1.82, 2.24) is 0 Å². The van der Waals surface area contributed by atoms with Crippen LogP contribution in [0.1, 0.15) is 53.5 Å². The van der Waals surface area contributed by atoms with Crippen molar-refractivity contribution in [3.8, 4) is 34.1 Å². The minimum absolute atomic E-state index is 0.000488. The molecule has 9 rings (SSSR count). The zero-order chi connectivity index (χ0) is 31.9. The Morgan fingerprint density at radius 1 is 0.787 bits per heavy atom. The van der Waals surface area contributed by atoms with Gasteiger partial charge in [0.2, 0.25) is 0 Å². The summed E-state index contributed by atoms with van der Waals surface area (Å²) in [6, 6.07) is 30.3. The van der Waals surface area contributed by atoms with Crippen molar-refractivity contribution in [2.45, 2.75) is 41.6 Å². The van der Waals surface area contributed by atoms with Crippen LogP contribution in [0, 0.1) is 11.8 Å². The average molecular weight is 639 g/mol. The van der Waals surface area contributed by atoms with E-state index in [1.165, 1.54) is 58.9 Å². The molecule has 1 aliphatic heterocycles. The van der Waals surface area contributed by atoms with E-state index in [-0.39, 0.29) is 5.41 Å². The number of thioether (sulfide) groups is 1. The van der Waals surface area contributed by atoms with Gasteiger partial charge >= 0.3 is 0 Å². The molecule has 47 heavy (non-hydrogen) atoms. The average Bonchev–Trinajstić information content (AvgIpc) is 3.83. The van der Waals surface area contributed by atoms with Gasteiger partial charge < -0.3 is 18.9 Å². The molecule has 5 aromatic carbocycles. The third kappa shape index (κ3) is 3.90. The summed E-state index contributed by atoms with van der Waals surface area (Å²) in [5, 5.41) is 2.32. The normalized spacial score (nSPS) is 22.6. The van der Waals surface area contributed by atoms with Gasteiger partial charge in [0.15, 0.2) is 5.60 Å². The lowest BCUT2D eigenvalue weighted by Crippen LogP contribution is -2.36. The van der Waals surface area contributed by atoms with E-state index >= 15 is 0 Å². The van der Waals surface area contributed by atoms with Gasteiger partial charge in [-0.3, -0.25) is 0 Å². The largest absolute Gasteiger partial charge is 0.497 e. The second-order valence-corrected chi connectivity index (χ2v) is 14.3. The van der Waals surface area contributed by atoms with E-state index in [0.29, 0.717) is 5.92 Å². The van der Waals surface area contributed by atoms with Gasteiger partial charge in [-0.05, 0) is 107 Å². The molecule has 0 radical (unpaired) electrons. The van der Waals surface area contributed by atoms with Crippen LogP contribution in [0.2, 0.25) is 0 Å². The van der Waals surface area contributed by atoms with Gasteiger partial charge in [0.05, 0.1) is 21.3 Å². The summed E-state index contributed by atoms with van der Waals surface area (Å²) in [4.78, 5) is 1.14. The standard InChI is InChI=1S/C42H38O4S/c1-43-29-15-11-26(12-16-29)42(27-13-17-30(44-2)18-14-27)20-19-32-39-38(33-23-37(47-4)36(45-3)22-34(33)40(32)46-42)31-7-5-6-8-35(31)41(39)24-25-9-10-28(41)21-25/h5-8,11-20,22-23,25,28H,9-10,21,24H2,1-4H3. The maximum absolute atomic E-state index is 7.60. The van der Waals surface area contributed by atoms with E-state index < -0.39 is 5.60 Å². The van der Waals surface area contributed by atoms with Crippen LogP contribution in [-0.2, 0) is 11.0 Å². The van der Waals surface area contributed by atoms with Gasteiger partial charge in [0.1, 0.15) is 23.0 Å². The zero-order valence-corrected chi connectivity index (χ0v) is 28.1. The molecule has 2 bridgehead atoms. The lowest BCUT2D eigenvalue weighted by Gasteiger charge is -2.41. The predicted octanol–water partition coefficient (Wildman–Crippen LogP) is 10.0. The molecule has 3 unspecified atom stereocenters. The SMILES string of the molecule is COc1ccc(C2(c3ccc(OC)cc3)C=Cc3c4c(c5cc(SC)c(OC)cc5c3O2)-c2ccccc2C42CC3CCC2C3)cc1. The minimum atomic E-state index is -0.870. The van der Waals surface area contributed by atoms with Gasteiger partial charge in [0, 0.05) is 32.4 Å². The Hall–Kier alpha value is -4.35. The first-order valence-corrected chi connectivity index (χ1v) is 17.8. The molecule has 5 heteroatoms. The van der Waals surface area contributed by atoms with Gasteiger partial charge in [-0.25, -0.2) is 0 Å². The van der Waals surface area contributed by atoms with E-state index in [2.05, 4.69) is 79.1 Å². The fourth-order valence-electron chi connectivity index (χ4n) is 9.55. The number of hydrogen-bond acceptors (Lipinski definition) is 5. The Labute approximate surface area is 280 Å². The van der Waals surface area contributed by atoms with E-state index in [0.717, 1.165) is 50.3 Å². The van der Waals surface area contributed by atoms with Crippen LogP contribution in [0.25, 0.3) is 28.0 Å². The van der Waals surface area contributed by atoms with Crippen molar-refractivity contribution >= 4 is 28.6 Å². The Morgan fingerprint density at radius 3 is 2.09 bits per heavy atom. The third-order valence-electron chi connectivity index (χ3n) is 11.6. The molecule has 4 nitrogen and oxygen atoms in total. The first-order chi connectivity index (χ1) is 23.0. The quantitative estimate of drug-likeness (QED) is 0.173. The maximum Gasteiger partial charge on any atom is 0.178 e. The molecule has 5 aromatic rings. The number of fused-ring (bicyclic) bond motifs is 13. The van der Waals surface area contributed by atoms with Crippen LogP contribution in [0.15, 0.2) is 95.9 Å². The molecular formula is C42H38O4S. The van der Waals surface area contributed by atoms with Crippen LogP contribution < -0.4 is 18.9 Å². The van der Waals surface area contributed by atoms with Gasteiger partial charge in [-0.1, -0.05) is 61.0 Å². The summed E-state index contributed by atoms with van der Waals surface area (Å²) in [6.07, 6.45) is 11.9. The van der Waals surface area contributed by atoms with E-state index in [4.69, 9.17) is 18.9 Å². The molecule has 0 saturated heterocycles. The second-order valence-electron chi connectivity index (χ2n) is 13.5. The first-order valence-electron chi connectivity index (χ1n) is 16.6. The molecular weight excluding hydrogens is 601 g/mol. The molecule has 3 aliphatic carbocycles. The lowest BCUT2D eigenvalue weighted by atomic mass is 9.65. The van der Waals surface area contributed by atoms with Gasteiger partial charge in [-0.2, -0.15) is 0 Å². The summed E-state index contributed by atoms with van der Waals surface area (Å²) in [5.41, 5.74) is 8.16. The first kappa shape index (κ1) is 28.8. The van der Waals surface area contributed by atoms with Crippen LogP contribution in [0.4, 0.5) is 0 Å². The molecule has 0 amide bonds. The van der Waals surface area contributed by atoms with Crippen molar-refractivity contribution in [2.75, 3.05) is 27.6 Å². The summed E-state index contributed by atoms with van der Waals surface area (Å²) in [6.45, 7) is 0. The fourth-order valence-corrected chi connectivity index (χ4v) is 10.1. The minimum Gasteiger partial charge on any atom is -0.497 e. The van der Waals surface area contributed by atoms with Crippen molar-refractivity contribution in [3.05, 3.63) is 119 Å². The Balaban J connectivity index is 1.38. The number of hydrogen-bond donors (Lipinski definition) is 0. The van der Waals surface area contributed by atoms with Gasteiger partial charge in [-0.15, -0.1) is 11.8 Å². The number of benzene rings is 5. The molecule has 2 fully saturated rings. The van der Waals surface area contributed by atoms with E-state index in [9.17, 15) is 0 Å². The van der Waals surface area contributed by atoms with Crippen molar-refractivity contribution < 1.29 is 18.9 Å². The molecule has 0 N–H and O–H groups in total. The van der Waals surface area contributed by atoms with Crippen LogP contribution in [-0.4, -0.2) is 27.6 Å². The molecule has 4 aliphatic rings. The summed E-state index contributed by atoms with van der Waals surface area (Å²) in [5.74, 6) is 4.83. The topological polar surface area (TPSA) is 36.9 Å². The number of methoxy groups -OCH3 is 3. The highest BCUT2D eigenvalue weighted by atomic mass is 32.2. The third-order valence-corrected chi connectivity index (χ3v) is 12.3. The Morgan fingerprint density at radius 2 is 1.49 bits per heavy atom. The molecule has 3 atom stereocenters. The molecule has 2 saturated carbocycles. The fraction of sp³-hybridized carbons (Fsp3) is 0.286. The molecule has 236 valence electrons. The monoisotopic (exact) mass is 638 g/mol. The zero-order valence-electron chi connectivity index (χ0n) is 27.3. The predicted molar refractivity (Wildman–Crippen MR) is 190 cm³/mol. The highest BCUT2D eigenvalue weighted by molar-refractivity contribution is 7.98. The number of ether oxygens (including phenoxy) is 4. The highest BCUT2D eigenvalue weighted by Gasteiger charge is 2.58. The summed E-state index contributed by atoms with van der Waals surface area (Å²) in [7, 11) is 5.17. The lowest BCUT2D eigenvalue weighted by molar-refractivity contribution is 0.162. The van der Waals surface area contributed by atoms with Crippen LogP contribution >= 0.6 is 11.8 Å². The van der Waals surface area contributed by atoms with E-state index in [1.807, 2.05) is 24.3 Å². The van der Waals surface area contributed by atoms with Crippen LogP contribution in [0.3, 0.4) is 0 Å². The van der Waals surface area contributed by atoms with E-state index in [1.54, 1.807) is 33.1 Å². The van der Waals surface area contributed by atoms with Crippen LogP contribution in [0.5, 0.6) is 23.0 Å². The highest BCUT2D eigenvalue weighted by Crippen LogP contribution is 2.69. The van der Waals surface area contributed by atoms with Gasteiger partial charge in [0.25, 0.3) is 0 Å². The molecule has 1 spiro atoms. The van der Waals surface area contributed by atoms with Crippen molar-refractivity contribution in [2.24, 2.45) is 11.8 Å². The number of rotatable bonds is 6. The molecule has 0 aromatic heterocycles. The smallest absolute Gasteiger partial charge is 0.178 e. The Bertz CT molecular complexity index is 2030. The summed E-state index contributed by atoms with van der Waals surface area (Å²) < 4.78 is 24.7. The second kappa shape index (κ2) is 10.6. The maximum atomic E-state index is 7.60. The molecule has 1 heterocycles. The van der Waals surface area contributed by atoms with Crippen molar-refractivity contribution in [1.29, 1.82) is 0 Å². The summed E-state index contributed by atoms with van der Waals surface area (Å²) >= 11 is 1.73.